The zero-order valence-electron chi connectivity index (χ0n) is 12.9. The van der Waals surface area contributed by atoms with Crippen molar-refractivity contribution in [1.29, 1.82) is 0 Å². The van der Waals surface area contributed by atoms with Gasteiger partial charge in [0.1, 0.15) is 0 Å². The molecule has 1 N–H and O–H groups in total. The zero-order valence-corrected chi connectivity index (χ0v) is 12.9. The summed E-state index contributed by atoms with van der Waals surface area (Å²) in [5, 5.41) is 11.7. The molecule has 1 aliphatic heterocycles. The number of nitrogens with zero attached hydrogens (tertiary/aromatic N) is 4. The van der Waals surface area contributed by atoms with E-state index in [1.807, 2.05) is 10.9 Å². The summed E-state index contributed by atoms with van der Waals surface area (Å²) >= 11 is 0. The van der Waals surface area contributed by atoms with Crippen LogP contribution in [0.25, 0.3) is 0 Å². The second-order valence-electron chi connectivity index (χ2n) is 5.69. The molecule has 2 heterocycles. The monoisotopic (exact) mass is 281 g/mol. The maximum Gasteiger partial charge on any atom is 0.0964 e. The largest absolute Gasteiger partial charge is 0.374 e. The van der Waals surface area contributed by atoms with Crippen molar-refractivity contribution in [3.8, 4) is 0 Å². The Balaban J connectivity index is 1.80. The summed E-state index contributed by atoms with van der Waals surface area (Å²) in [4.78, 5) is 2.45. The molecule has 1 saturated heterocycles. The number of aromatic nitrogens is 3. The van der Waals surface area contributed by atoms with Gasteiger partial charge in [-0.15, -0.1) is 5.10 Å². The van der Waals surface area contributed by atoms with Crippen molar-refractivity contribution in [3.63, 3.8) is 0 Å². The van der Waals surface area contributed by atoms with Crippen molar-refractivity contribution in [2.24, 2.45) is 0 Å². The molecule has 0 radical (unpaired) electrons. The lowest BCUT2D eigenvalue weighted by molar-refractivity contribution is -0.0471. The highest BCUT2D eigenvalue weighted by Crippen LogP contribution is 2.10. The summed E-state index contributed by atoms with van der Waals surface area (Å²) in [7, 11) is 0. The van der Waals surface area contributed by atoms with E-state index in [-0.39, 0.29) is 6.10 Å². The highest BCUT2D eigenvalue weighted by atomic mass is 16.5. The Labute approximate surface area is 121 Å². The minimum Gasteiger partial charge on any atom is -0.374 e. The Morgan fingerprint density at radius 3 is 3.10 bits per heavy atom. The molecule has 1 fully saturated rings. The van der Waals surface area contributed by atoms with Crippen LogP contribution in [0.2, 0.25) is 0 Å². The van der Waals surface area contributed by atoms with Crippen LogP contribution in [0.5, 0.6) is 0 Å². The third kappa shape index (κ3) is 4.54. The Morgan fingerprint density at radius 2 is 2.35 bits per heavy atom. The third-order valence-corrected chi connectivity index (χ3v) is 3.61. The fraction of sp³-hybridized carbons (Fsp3) is 0.857. The highest BCUT2D eigenvalue weighted by molar-refractivity contribution is 4.92. The first-order chi connectivity index (χ1) is 9.69. The molecule has 0 saturated carbocycles. The number of hydrogen-bond donors (Lipinski definition) is 1. The molecule has 20 heavy (non-hydrogen) atoms. The number of nitrogens with one attached hydrogen (secondary N) is 1. The van der Waals surface area contributed by atoms with E-state index in [4.69, 9.17) is 4.74 Å². The molecule has 1 aromatic rings. The van der Waals surface area contributed by atoms with E-state index >= 15 is 0 Å². The molecule has 0 amide bonds. The molecule has 0 bridgehead atoms. The quantitative estimate of drug-likeness (QED) is 0.752. The SMILES string of the molecule is CCCNCc1cn(CC2CN(C(C)C)CCO2)nn1. The van der Waals surface area contributed by atoms with Gasteiger partial charge in [0.05, 0.1) is 24.9 Å². The van der Waals surface area contributed by atoms with E-state index in [0.717, 1.165) is 51.4 Å². The van der Waals surface area contributed by atoms with E-state index in [1.54, 1.807) is 0 Å². The van der Waals surface area contributed by atoms with Crippen molar-refractivity contribution >= 4 is 0 Å². The van der Waals surface area contributed by atoms with Gasteiger partial charge < -0.3 is 10.1 Å². The van der Waals surface area contributed by atoms with Gasteiger partial charge in [0.25, 0.3) is 0 Å². The Bertz CT molecular complexity index is 393. The summed E-state index contributed by atoms with van der Waals surface area (Å²) in [5.41, 5.74) is 0.995. The van der Waals surface area contributed by atoms with Gasteiger partial charge in [-0.25, -0.2) is 4.68 Å². The van der Waals surface area contributed by atoms with Crippen LogP contribution in [0.4, 0.5) is 0 Å². The minimum atomic E-state index is 0.212. The lowest BCUT2D eigenvalue weighted by Gasteiger charge is -2.35. The average Bonchev–Trinajstić information content (AvgIpc) is 2.87. The first-order valence-electron chi connectivity index (χ1n) is 7.64. The van der Waals surface area contributed by atoms with Crippen LogP contribution >= 0.6 is 0 Å². The van der Waals surface area contributed by atoms with E-state index in [9.17, 15) is 0 Å². The zero-order chi connectivity index (χ0) is 14.4. The van der Waals surface area contributed by atoms with Crippen LogP contribution < -0.4 is 5.32 Å². The van der Waals surface area contributed by atoms with Gasteiger partial charge in [-0.05, 0) is 26.8 Å². The van der Waals surface area contributed by atoms with Crippen molar-refractivity contribution in [3.05, 3.63) is 11.9 Å². The molecular weight excluding hydrogens is 254 g/mol. The van der Waals surface area contributed by atoms with Crippen LogP contribution in [0.15, 0.2) is 6.20 Å². The Kier molecular flexibility index (Phi) is 5.94. The third-order valence-electron chi connectivity index (χ3n) is 3.61. The molecular formula is C14H27N5O. The van der Waals surface area contributed by atoms with E-state index in [0.29, 0.717) is 6.04 Å². The molecule has 6 heteroatoms. The van der Waals surface area contributed by atoms with Gasteiger partial charge in [-0.1, -0.05) is 12.1 Å². The standard InChI is InChI=1S/C14H27N5O/c1-4-5-15-8-13-9-19(17-16-13)11-14-10-18(12(2)3)6-7-20-14/h9,12,14-15H,4-8,10-11H2,1-3H3. The minimum absolute atomic E-state index is 0.212. The van der Waals surface area contributed by atoms with Gasteiger partial charge in [-0.3, -0.25) is 4.90 Å². The van der Waals surface area contributed by atoms with Crippen LogP contribution in [0.1, 0.15) is 32.9 Å². The van der Waals surface area contributed by atoms with E-state index < -0.39 is 0 Å². The smallest absolute Gasteiger partial charge is 0.0964 e. The Morgan fingerprint density at radius 1 is 1.50 bits per heavy atom. The molecule has 1 atom stereocenters. The molecule has 2 rings (SSSR count). The van der Waals surface area contributed by atoms with Crippen LogP contribution in [0.3, 0.4) is 0 Å². The van der Waals surface area contributed by atoms with Crippen LogP contribution in [-0.2, 0) is 17.8 Å². The summed E-state index contributed by atoms with van der Waals surface area (Å²) in [6.07, 6.45) is 3.36. The van der Waals surface area contributed by atoms with Gasteiger partial charge >= 0.3 is 0 Å². The van der Waals surface area contributed by atoms with Crippen molar-refractivity contribution in [2.45, 2.75) is 52.4 Å². The summed E-state index contributed by atoms with van der Waals surface area (Å²) in [6.45, 7) is 12.0. The number of morpholine rings is 1. The maximum atomic E-state index is 5.82. The topological polar surface area (TPSA) is 55.2 Å². The number of ether oxygens (including phenoxy) is 1. The van der Waals surface area contributed by atoms with Crippen molar-refractivity contribution < 1.29 is 4.74 Å². The predicted molar refractivity (Wildman–Crippen MR) is 78.5 cm³/mol. The number of rotatable bonds is 7. The van der Waals surface area contributed by atoms with Crippen molar-refractivity contribution in [1.82, 2.24) is 25.2 Å². The van der Waals surface area contributed by atoms with Gasteiger partial charge in [0, 0.05) is 31.9 Å². The summed E-state index contributed by atoms with van der Waals surface area (Å²) < 4.78 is 7.72. The highest BCUT2D eigenvalue weighted by Gasteiger charge is 2.22. The maximum absolute atomic E-state index is 5.82. The van der Waals surface area contributed by atoms with Crippen LogP contribution in [0, 0.1) is 0 Å². The van der Waals surface area contributed by atoms with Crippen molar-refractivity contribution in [2.75, 3.05) is 26.2 Å². The number of hydrogen-bond acceptors (Lipinski definition) is 5. The molecule has 0 aliphatic carbocycles. The molecule has 0 aromatic carbocycles. The van der Waals surface area contributed by atoms with E-state index in [2.05, 4.69) is 41.3 Å². The normalized spacial score (nSPS) is 20.7. The van der Waals surface area contributed by atoms with E-state index in [1.165, 1.54) is 0 Å². The second-order valence-corrected chi connectivity index (χ2v) is 5.69. The molecule has 114 valence electrons. The molecule has 1 unspecified atom stereocenters. The van der Waals surface area contributed by atoms with Gasteiger partial charge in [0.15, 0.2) is 0 Å². The first kappa shape index (κ1) is 15.4. The second kappa shape index (κ2) is 7.71. The predicted octanol–water partition coefficient (Wildman–Crippen LogP) is 0.887. The fourth-order valence-electron chi connectivity index (χ4n) is 2.43. The molecule has 6 nitrogen and oxygen atoms in total. The fourth-order valence-corrected chi connectivity index (χ4v) is 2.43. The molecule has 1 aromatic heterocycles. The first-order valence-corrected chi connectivity index (χ1v) is 7.64. The Hall–Kier alpha value is -0.980. The van der Waals surface area contributed by atoms with Gasteiger partial charge in [-0.2, -0.15) is 0 Å². The van der Waals surface area contributed by atoms with Gasteiger partial charge in [0.2, 0.25) is 0 Å². The molecule has 0 spiro atoms. The lowest BCUT2D eigenvalue weighted by atomic mass is 10.2. The summed E-state index contributed by atoms with van der Waals surface area (Å²) in [5.74, 6) is 0. The van der Waals surface area contributed by atoms with Crippen LogP contribution in [-0.4, -0.2) is 58.3 Å². The summed E-state index contributed by atoms with van der Waals surface area (Å²) in [6, 6.07) is 0.575. The average molecular weight is 281 g/mol. The lowest BCUT2D eigenvalue weighted by Crippen LogP contribution is -2.47. The molecule has 1 aliphatic rings.